The van der Waals surface area contributed by atoms with Gasteiger partial charge in [-0.25, -0.2) is 0 Å². The maximum atomic E-state index is 11.8. The minimum atomic E-state index is -0.470. The number of azo groups is 1. The lowest BCUT2D eigenvalue weighted by molar-refractivity contribution is -0.118. The van der Waals surface area contributed by atoms with Crippen molar-refractivity contribution in [3.63, 3.8) is 0 Å². The fourth-order valence-corrected chi connectivity index (χ4v) is 2.43. The van der Waals surface area contributed by atoms with E-state index >= 15 is 0 Å². The summed E-state index contributed by atoms with van der Waals surface area (Å²) in [7, 11) is 0. The minimum absolute atomic E-state index is 0.109. The van der Waals surface area contributed by atoms with Gasteiger partial charge in [-0.1, -0.05) is 44.4 Å². The molecule has 1 aromatic carbocycles. The fraction of sp³-hybridized carbons (Fsp3) is 0.471. The fourth-order valence-electron chi connectivity index (χ4n) is 2.43. The average Bonchev–Trinajstić information content (AvgIpc) is 2.86. The molecule has 2 rings (SSSR count). The zero-order valence-corrected chi connectivity index (χ0v) is 13.3. The number of fused-ring (bicyclic) bond motifs is 1. The quantitative estimate of drug-likeness (QED) is 0.502. The third kappa shape index (κ3) is 4.89. The van der Waals surface area contributed by atoms with Gasteiger partial charge >= 0.3 is 0 Å². The van der Waals surface area contributed by atoms with Crippen LogP contribution in [0.1, 0.15) is 45.4 Å². The van der Waals surface area contributed by atoms with Crippen LogP contribution < -0.4 is 0 Å². The van der Waals surface area contributed by atoms with Crippen molar-refractivity contribution >= 4 is 22.5 Å². The van der Waals surface area contributed by atoms with Crippen LogP contribution in [0.4, 0.5) is 5.69 Å². The molecule has 124 valence electrons. The van der Waals surface area contributed by atoms with Gasteiger partial charge in [-0.05, 0) is 18.9 Å². The summed E-state index contributed by atoms with van der Waals surface area (Å²) in [5.41, 5.74) is 0.996. The van der Waals surface area contributed by atoms with Crippen molar-refractivity contribution in [1.29, 1.82) is 0 Å². The number of amides is 1. The van der Waals surface area contributed by atoms with Crippen LogP contribution >= 0.6 is 0 Å². The summed E-state index contributed by atoms with van der Waals surface area (Å²) in [6.07, 6.45) is 3.94. The molecule has 0 fully saturated rings. The third-order valence-corrected chi connectivity index (χ3v) is 3.75. The van der Waals surface area contributed by atoms with E-state index in [1.807, 2.05) is 18.2 Å². The summed E-state index contributed by atoms with van der Waals surface area (Å²) in [5, 5.41) is 27.8. The summed E-state index contributed by atoms with van der Waals surface area (Å²) in [6.45, 7) is 2.11. The molecule has 0 saturated heterocycles. The summed E-state index contributed by atoms with van der Waals surface area (Å²) < 4.78 is 0. The molecular formula is C17H23N3O3. The van der Waals surface area contributed by atoms with Crippen molar-refractivity contribution in [3.05, 3.63) is 24.3 Å². The van der Waals surface area contributed by atoms with Crippen LogP contribution in [0.3, 0.4) is 0 Å². The summed E-state index contributed by atoms with van der Waals surface area (Å²) >= 11 is 0. The largest absolute Gasteiger partial charge is 0.493 e. The number of rotatable bonds is 8. The first-order valence-electron chi connectivity index (χ1n) is 8.04. The van der Waals surface area contributed by atoms with Gasteiger partial charge in [-0.3, -0.25) is 4.79 Å². The molecule has 0 aliphatic heterocycles. The van der Waals surface area contributed by atoms with Gasteiger partial charge in [-0.2, -0.15) is 0 Å². The molecule has 0 radical (unpaired) electrons. The van der Waals surface area contributed by atoms with Gasteiger partial charge in [0, 0.05) is 11.8 Å². The Morgan fingerprint density at radius 3 is 2.83 bits per heavy atom. The average molecular weight is 317 g/mol. The Morgan fingerprint density at radius 1 is 1.26 bits per heavy atom. The number of hydrogen-bond acceptors (Lipinski definition) is 4. The van der Waals surface area contributed by atoms with E-state index in [9.17, 15) is 15.0 Å². The van der Waals surface area contributed by atoms with Crippen molar-refractivity contribution in [2.75, 3.05) is 0 Å². The number of aliphatic hydroxyl groups is 1. The Labute approximate surface area is 135 Å². The predicted octanol–water partition coefficient (Wildman–Crippen LogP) is 4.21. The molecule has 2 aromatic rings. The zero-order chi connectivity index (χ0) is 16.7. The Kier molecular flexibility index (Phi) is 6.29. The first-order chi connectivity index (χ1) is 11.1. The summed E-state index contributed by atoms with van der Waals surface area (Å²) in [5.74, 6) is -0.508. The van der Waals surface area contributed by atoms with E-state index in [1.54, 1.807) is 6.07 Å². The lowest BCUT2D eigenvalue weighted by atomic mass is 10.1. The van der Waals surface area contributed by atoms with Crippen LogP contribution in [-0.2, 0) is 4.79 Å². The second-order valence-electron chi connectivity index (χ2n) is 5.65. The van der Waals surface area contributed by atoms with E-state index in [4.69, 9.17) is 0 Å². The van der Waals surface area contributed by atoms with Crippen LogP contribution in [0.25, 0.3) is 10.9 Å². The van der Waals surface area contributed by atoms with Crippen molar-refractivity contribution in [3.8, 4) is 5.88 Å². The Hall–Kier alpha value is -2.21. The molecule has 1 atom stereocenters. The molecule has 1 unspecified atom stereocenters. The van der Waals surface area contributed by atoms with Gasteiger partial charge < -0.3 is 15.2 Å². The monoisotopic (exact) mass is 317 g/mol. The highest BCUT2D eigenvalue weighted by molar-refractivity contribution is 5.94. The highest BCUT2D eigenvalue weighted by Crippen LogP contribution is 2.35. The van der Waals surface area contributed by atoms with Gasteiger partial charge in [0.25, 0.3) is 5.91 Å². The number of benzene rings is 1. The summed E-state index contributed by atoms with van der Waals surface area (Å²) in [4.78, 5) is 14.5. The topological polar surface area (TPSA) is 98.0 Å². The molecule has 1 aromatic heterocycles. The molecule has 0 bridgehead atoms. The first-order valence-corrected chi connectivity index (χ1v) is 8.04. The number of para-hydroxylation sites is 1. The third-order valence-electron chi connectivity index (χ3n) is 3.75. The molecule has 1 amide bonds. The second-order valence-corrected chi connectivity index (χ2v) is 5.65. The van der Waals surface area contributed by atoms with Crippen LogP contribution in [-0.4, -0.2) is 27.2 Å². The number of carbonyl (C=O) groups excluding carboxylic acids is 1. The Balaban J connectivity index is 1.89. The van der Waals surface area contributed by atoms with Crippen molar-refractivity contribution in [2.45, 2.75) is 51.6 Å². The number of aromatic hydroxyl groups is 1. The molecule has 23 heavy (non-hydrogen) atoms. The van der Waals surface area contributed by atoms with Gasteiger partial charge in [-0.15, -0.1) is 10.2 Å². The number of hydrogen-bond donors (Lipinski definition) is 3. The lowest BCUT2D eigenvalue weighted by Crippen LogP contribution is -2.08. The lowest BCUT2D eigenvalue weighted by Gasteiger charge is -2.07. The molecule has 6 nitrogen and oxygen atoms in total. The number of nitrogens with one attached hydrogen (secondary N) is 1. The highest BCUT2D eigenvalue weighted by atomic mass is 16.3. The van der Waals surface area contributed by atoms with E-state index in [-0.39, 0.29) is 18.0 Å². The number of carbonyl (C=O) groups is 1. The predicted molar refractivity (Wildman–Crippen MR) is 88.9 cm³/mol. The molecule has 0 spiro atoms. The minimum Gasteiger partial charge on any atom is -0.493 e. The number of aliphatic hydroxyl groups excluding tert-OH is 1. The Bertz CT molecular complexity index is 679. The van der Waals surface area contributed by atoms with Crippen molar-refractivity contribution in [1.82, 2.24) is 4.98 Å². The number of unbranched alkanes of at least 4 members (excludes halogenated alkanes) is 2. The highest BCUT2D eigenvalue weighted by Gasteiger charge is 2.11. The van der Waals surface area contributed by atoms with Crippen LogP contribution in [0.15, 0.2) is 34.5 Å². The van der Waals surface area contributed by atoms with E-state index in [0.29, 0.717) is 18.2 Å². The molecule has 0 saturated carbocycles. The van der Waals surface area contributed by atoms with Crippen molar-refractivity contribution in [2.24, 2.45) is 10.2 Å². The number of nitrogens with zero attached hydrogens (tertiary/aromatic N) is 2. The summed E-state index contributed by atoms with van der Waals surface area (Å²) in [6, 6.07) is 7.26. The van der Waals surface area contributed by atoms with Crippen LogP contribution in [0.2, 0.25) is 0 Å². The van der Waals surface area contributed by atoms with Gasteiger partial charge in [0.05, 0.1) is 11.6 Å². The van der Waals surface area contributed by atoms with Gasteiger partial charge in [0.2, 0.25) is 5.88 Å². The van der Waals surface area contributed by atoms with Crippen LogP contribution in [0.5, 0.6) is 5.88 Å². The number of H-pyrrole nitrogens is 1. The molecule has 0 aliphatic carbocycles. The Morgan fingerprint density at radius 2 is 2.04 bits per heavy atom. The van der Waals surface area contributed by atoms with E-state index in [1.165, 1.54) is 0 Å². The SMILES string of the molecule is CCCCCC(O)CCC(=O)N=Nc1c(O)[nH]c2ccccc12. The molecular weight excluding hydrogens is 294 g/mol. The van der Waals surface area contributed by atoms with E-state index < -0.39 is 12.0 Å². The maximum Gasteiger partial charge on any atom is 0.264 e. The normalized spacial score (nSPS) is 13.0. The van der Waals surface area contributed by atoms with Gasteiger partial charge in [0.15, 0.2) is 5.69 Å². The molecule has 6 heteroatoms. The maximum absolute atomic E-state index is 11.8. The van der Waals surface area contributed by atoms with E-state index in [2.05, 4.69) is 22.1 Å². The zero-order valence-electron chi connectivity index (χ0n) is 13.3. The first kappa shape index (κ1) is 17.1. The molecule has 3 N–H and O–H groups in total. The van der Waals surface area contributed by atoms with Crippen LogP contribution in [0, 0.1) is 0 Å². The smallest absolute Gasteiger partial charge is 0.264 e. The number of aromatic nitrogens is 1. The standard InChI is InChI=1S/C17H23N3O3/c1-2-3-4-7-12(21)10-11-15(22)19-20-16-13-8-5-6-9-14(13)18-17(16)23/h5-6,8-9,12,18,21,23H,2-4,7,10-11H2,1H3. The second kappa shape index (κ2) is 8.43. The molecule has 1 heterocycles. The molecule has 0 aliphatic rings. The van der Waals surface area contributed by atoms with Crippen molar-refractivity contribution < 1.29 is 15.0 Å². The number of aromatic amines is 1. The van der Waals surface area contributed by atoms with E-state index in [0.717, 1.165) is 24.8 Å². The van der Waals surface area contributed by atoms with Gasteiger partial charge in [0.1, 0.15) is 0 Å².